The Morgan fingerprint density at radius 3 is 2.22 bits per heavy atom. The van der Waals surface area contributed by atoms with Crippen molar-refractivity contribution < 1.29 is 22.7 Å². The number of aliphatic hydroxyl groups is 1. The van der Waals surface area contributed by atoms with Crippen LogP contribution in [0, 0.1) is 23.5 Å². The number of alkyl halides is 2. The van der Waals surface area contributed by atoms with Gasteiger partial charge in [-0.05, 0) is 48.5 Å². The highest BCUT2D eigenvalue weighted by molar-refractivity contribution is 5.54. The average Bonchev–Trinajstić information content (AvgIpc) is 2.83. The van der Waals surface area contributed by atoms with Crippen molar-refractivity contribution in [1.82, 2.24) is 9.99 Å². The van der Waals surface area contributed by atoms with Crippen LogP contribution in [0.5, 0.6) is 0 Å². The van der Waals surface area contributed by atoms with Gasteiger partial charge in [-0.2, -0.15) is 13.9 Å². The van der Waals surface area contributed by atoms with E-state index in [0.717, 1.165) is 30.4 Å². The van der Waals surface area contributed by atoms with Gasteiger partial charge in [-0.25, -0.2) is 14.6 Å². The molecule has 0 radical (unpaired) electrons. The SMILES string of the molecule is CN(C)c1ccc(C#Cc2ccc(C(F)(F)C(O)(CN(N)/C=N\N)c3ccc(F)cc3F)nc2)cc1. The fourth-order valence-corrected chi connectivity index (χ4v) is 3.42. The van der Waals surface area contributed by atoms with Gasteiger partial charge in [-0.1, -0.05) is 11.8 Å². The van der Waals surface area contributed by atoms with E-state index in [0.29, 0.717) is 28.3 Å². The number of hydrogen-bond donors (Lipinski definition) is 3. The fourth-order valence-electron chi connectivity index (χ4n) is 3.42. The Balaban J connectivity index is 1.96. The van der Waals surface area contributed by atoms with Crippen LogP contribution in [0.1, 0.15) is 22.4 Å². The molecule has 7 nitrogen and oxygen atoms in total. The normalized spacial score (nSPS) is 13.1. The molecule has 0 aliphatic rings. The first-order chi connectivity index (χ1) is 17.0. The van der Waals surface area contributed by atoms with Crippen LogP contribution in [-0.2, 0) is 11.5 Å². The second kappa shape index (κ2) is 10.6. The molecule has 188 valence electrons. The highest BCUT2D eigenvalue weighted by Gasteiger charge is 2.58. The molecule has 5 N–H and O–H groups in total. The van der Waals surface area contributed by atoms with Crippen LogP contribution in [0.15, 0.2) is 65.9 Å². The maximum atomic E-state index is 15.7. The first-order valence-electron chi connectivity index (χ1n) is 10.5. The lowest BCUT2D eigenvalue weighted by Crippen LogP contribution is -2.53. The van der Waals surface area contributed by atoms with Crippen molar-refractivity contribution in [2.45, 2.75) is 11.5 Å². The molecule has 3 rings (SSSR count). The summed E-state index contributed by atoms with van der Waals surface area (Å²) in [7, 11) is 3.82. The van der Waals surface area contributed by atoms with E-state index in [1.807, 2.05) is 43.3 Å². The molecule has 0 bridgehead atoms. The van der Waals surface area contributed by atoms with Gasteiger partial charge in [-0.3, -0.25) is 9.99 Å². The molecule has 0 saturated heterocycles. The molecule has 0 aliphatic heterocycles. The van der Waals surface area contributed by atoms with E-state index in [9.17, 15) is 13.9 Å². The maximum Gasteiger partial charge on any atom is 0.323 e. The number of nitrogens with two attached hydrogens (primary N) is 2. The first kappa shape index (κ1) is 26.5. The van der Waals surface area contributed by atoms with Crippen LogP contribution >= 0.6 is 0 Å². The maximum absolute atomic E-state index is 15.7. The van der Waals surface area contributed by atoms with Crippen molar-refractivity contribution >= 4 is 12.0 Å². The van der Waals surface area contributed by atoms with E-state index in [4.69, 9.17) is 11.7 Å². The number of pyridine rings is 1. The number of hydrazone groups is 1. The van der Waals surface area contributed by atoms with E-state index in [-0.39, 0.29) is 0 Å². The van der Waals surface area contributed by atoms with E-state index < -0.39 is 41.0 Å². The van der Waals surface area contributed by atoms with Gasteiger partial charge in [0.05, 0.1) is 6.54 Å². The third-order valence-corrected chi connectivity index (χ3v) is 5.34. The van der Waals surface area contributed by atoms with Crippen LogP contribution in [0.4, 0.5) is 23.2 Å². The molecule has 2 aromatic carbocycles. The number of anilines is 1. The zero-order valence-corrected chi connectivity index (χ0v) is 19.5. The number of halogens is 4. The second-order valence-corrected chi connectivity index (χ2v) is 8.12. The largest absolute Gasteiger partial charge is 0.378 e. The summed E-state index contributed by atoms with van der Waals surface area (Å²) < 4.78 is 59.3. The van der Waals surface area contributed by atoms with Gasteiger partial charge in [0, 0.05) is 48.7 Å². The lowest BCUT2D eigenvalue weighted by Gasteiger charge is -2.37. The Kier molecular flexibility index (Phi) is 7.82. The average molecular weight is 501 g/mol. The summed E-state index contributed by atoms with van der Waals surface area (Å²) in [6.07, 6.45) is 1.87. The highest BCUT2D eigenvalue weighted by Crippen LogP contribution is 2.45. The van der Waals surface area contributed by atoms with Crippen molar-refractivity contribution in [2.24, 2.45) is 16.8 Å². The lowest BCUT2D eigenvalue weighted by molar-refractivity contribution is -0.203. The molecular formula is C25H24F4N6O. The minimum Gasteiger partial charge on any atom is -0.378 e. The van der Waals surface area contributed by atoms with Crippen molar-refractivity contribution in [3.63, 3.8) is 0 Å². The molecule has 0 spiro atoms. The van der Waals surface area contributed by atoms with Crippen LogP contribution < -0.4 is 16.6 Å². The minimum absolute atomic E-state index is 0.332. The molecule has 11 heteroatoms. The monoisotopic (exact) mass is 500 g/mol. The molecule has 0 saturated carbocycles. The molecule has 1 heterocycles. The summed E-state index contributed by atoms with van der Waals surface area (Å²) in [5.74, 6) is 9.74. The molecule has 0 fully saturated rings. The zero-order valence-electron chi connectivity index (χ0n) is 19.5. The van der Waals surface area contributed by atoms with Crippen LogP contribution in [0.3, 0.4) is 0 Å². The Morgan fingerprint density at radius 2 is 1.67 bits per heavy atom. The van der Waals surface area contributed by atoms with Crippen LogP contribution in [0.2, 0.25) is 0 Å². The Labute approximate surface area is 205 Å². The molecule has 1 unspecified atom stereocenters. The summed E-state index contributed by atoms with van der Waals surface area (Å²) in [5.41, 5.74) is -3.00. The van der Waals surface area contributed by atoms with Gasteiger partial charge in [0.15, 0.2) is 5.60 Å². The Morgan fingerprint density at radius 1 is 1.03 bits per heavy atom. The Hall–Kier alpha value is -4.14. The van der Waals surface area contributed by atoms with Gasteiger partial charge in [0.2, 0.25) is 0 Å². The number of aromatic nitrogens is 1. The summed E-state index contributed by atoms with van der Waals surface area (Å²) in [6, 6.07) is 11.5. The second-order valence-electron chi connectivity index (χ2n) is 8.12. The third kappa shape index (κ3) is 5.56. The molecule has 0 amide bonds. The van der Waals surface area contributed by atoms with Gasteiger partial charge in [0.25, 0.3) is 0 Å². The minimum atomic E-state index is -4.18. The van der Waals surface area contributed by atoms with Crippen molar-refractivity contribution in [3.8, 4) is 11.8 Å². The molecule has 1 aromatic heterocycles. The van der Waals surface area contributed by atoms with Gasteiger partial charge < -0.3 is 15.8 Å². The molecular weight excluding hydrogens is 476 g/mol. The topological polar surface area (TPSA) is 104 Å². The van der Waals surface area contributed by atoms with Gasteiger partial charge in [0.1, 0.15) is 23.7 Å². The van der Waals surface area contributed by atoms with Gasteiger partial charge in [-0.15, -0.1) is 0 Å². The van der Waals surface area contributed by atoms with Gasteiger partial charge >= 0.3 is 5.92 Å². The fraction of sp³-hybridized carbons (Fsp3) is 0.200. The molecule has 36 heavy (non-hydrogen) atoms. The first-order valence-corrected chi connectivity index (χ1v) is 10.5. The number of hydrazine groups is 1. The predicted octanol–water partition coefficient (Wildman–Crippen LogP) is 2.88. The summed E-state index contributed by atoms with van der Waals surface area (Å²) in [4.78, 5) is 5.69. The van der Waals surface area contributed by atoms with Crippen molar-refractivity contribution in [2.75, 3.05) is 25.5 Å². The number of hydrogen-bond acceptors (Lipinski definition) is 6. The predicted molar refractivity (Wildman–Crippen MR) is 129 cm³/mol. The summed E-state index contributed by atoms with van der Waals surface area (Å²) in [5, 5.41) is 14.8. The van der Waals surface area contributed by atoms with E-state index in [1.165, 1.54) is 6.07 Å². The smallest absolute Gasteiger partial charge is 0.323 e. The molecule has 3 aromatic rings. The zero-order chi connectivity index (χ0) is 26.5. The summed E-state index contributed by atoms with van der Waals surface area (Å²) >= 11 is 0. The van der Waals surface area contributed by atoms with Crippen molar-refractivity contribution in [3.05, 3.63) is 94.8 Å². The number of rotatable bonds is 7. The number of benzene rings is 2. The number of nitrogens with zero attached hydrogens (tertiary/aromatic N) is 4. The standard InChI is InChI=1S/C25H24F4N6O/c1-34(2)20-9-5-17(6-10-20)3-4-18-7-12-23(32-14-18)25(28,29)24(36,15-35(31)16-33-30)21-11-8-19(26)13-22(21)27/h5-14,16,36H,15,30-31H2,1-2H3/b33-16-. The van der Waals surface area contributed by atoms with Crippen molar-refractivity contribution in [1.29, 1.82) is 0 Å². The lowest BCUT2D eigenvalue weighted by atomic mass is 9.84. The van der Waals surface area contributed by atoms with Crippen LogP contribution in [0.25, 0.3) is 0 Å². The molecule has 1 atom stereocenters. The quantitative estimate of drug-likeness (QED) is 0.115. The van der Waals surface area contributed by atoms with E-state index in [1.54, 1.807) is 0 Å². The molecule has 0 aliphatic carbocycles. The third-order valence-electron chi connectivity index (χ3n) is 5.34. The van der Waals surface area contributed by atoms with Crippen LogP contribution in [-0.4, -0.2) is 42.1 Å². The summed E-state index contributed by atoms with van der Waals surface area (Å²) in [6.45, 7) is -1.05. The Bertz CT molecular complexity index is 1290. The van der Waals surface area contributed by atoms with E-state index >= 15 is 8.78 Å². The van der Waals surface area contributed by atoms with E-state index in [2.05, 4.69) is 21.9 Å². The highest BCUT2D eigenvalue weighted by atomic mass is 19.3.